The van der Waals surface area contributed by atoms with Crippen molar-refractivity contribution >= 4 is 27.5 Å². The number of amides is 2. The summed E-state index contributed by atoms with van der Waals surface area (Å²) in [5.41, 5.74) is 3.84. The molecule has 0 unspecified atom stereocenters. The van der Waals surface area contributed by atoms with E-state index in [9.17, 15) is 18.0 Å². The zero-order chi connectivity index (χ0) is 32.4. The molecule has 0 aromatic heterocycles. The lowest BCUT2D eigenvalue weighted by Crippen LogP contribution is -2.53. The predicted molar refractivity (Wildman–Crippen MR) is 178 cm³/mol. The molecular weight excluding hydrogens is 586 g/mol. The van der Waals surface area contributed by atoms with Crippen molar-refractivity contribution in [1.82, 2.24) is 10.2 Å². The van der Waals surface area contributed by atoms with E-state index in [1.54, 1.807) is 49.6 Å². The Bertz CT molecular complexity index is 1670. The molecule has 0 radical (unpaired) electrons. The maximum Gasteiger partial charge on any atom is 0.264 e. The van der Waals surface area contributed by atoms with E-state index in [0.717, 1.165) is 33.0 Å². The van der Waals surface area contributed by atoms with Gasteiger partial charge in [-0.1, -0.05) is 84.8 Å². The van der Waals surface area contributed by atoms with Gasteiger partial charge >= 0.3 is 0 Å². The van der Waals surface area contributed by atoms with E-state index in [1.165, 1.54) is 4.90 Å². The van der Waals surface area contributed by atoms with E-state index < -0.39 is 28.5 Å². The number of carbonyl (C=O) groups excluding carboxylic acids is 2. The summed E-state index contributed by atoms with van der Waals surface area (Å²) in [5, 5.41) is 2.96. The summed E-state index contributed by atoms with van der Waals surface area (Å²) in [6, 6.07) is 29.4. The second kappa shape index (κ2) is 15.4. The fourth-order valence-electron chi connectivity index (χ4n) is 4.96. The van der Waals surface area contributed by atoms with Crippen LogP contribution in [-0.4, -0.2) is 51.4 Å². The van der Waals surface area contributed by atoms with Crippen LogP contribution in [-0.2, 0) is 32.6 Å². The number of carbonyl (C=O) groups is 2. The van der Waals surface area contributed by atoms with Gasteiger partial charge in [-0.25, -0.2) is 8.42 Å². The van der Waals surface area contributed by atoms with Crippen LogP contribution in [0.2, 0.25) is 0 Å². The van der Waals surface area contributed by atoms with Crippen molar-refractivity contribution in [3.8, 4) is 5.75 Å². The van der Waals surface area contributed by atoms with Crippen LogP contribution in [0.4, 0.5) is 5.69 Å². The first-order chi connectivity index (χ1) is 21.6. The van der Waals surface area contributed by atoms with Crippen molar-refractivity contribution in [2.45, 2.75) is 51.1 Å². The average molecular weight is 628 g/mol. The number of hydrogen-bond donors (Lipinski definition) is 1. The number of aryl methyl sites for hydroxylation is 2. The molecule has 0 bridgehead atoms. The summed E-state index contributed by atoms with van der Waals surface area (Å²) in [4.78, 5) is 29.8. The number of ether oxygens (including phenoxy) is 1. The van der Waals surface area contributed by atoms with Crippen LogP contribution in [0.5, 0.6) is 5.75 Å². The molecule has 1 atom stereocenters. The van der Waals surface area contributed by atoms with Gasteiger partial charge in [-0.2, -0.15) is 0 Å². The van der Waals surface area contributed by atoms with Gasteiger partial charge in [0.05, 0.1) is 17.7 Å². The van der Waals surface area contributed by atoms with E-state index in [-0.39, 0.29) is 23.8 Å². The van der Waals surface area contributed by atoms with Gasteiger partial charge in [0.1, 0.15) is 18.3 Å². The van der Waals surface area contributed by atoms with Crippen molar-refractivity contribution in [2.24, 2.45) is 0 Å². The molecule has 2 amide bonds. The second-order valence-electron chi connectivity index (χ2n) is 11.0. The molecule has 8 nitrogen and oxygen atoms in total. The molecule has 0 saturated heterocycles. The molecule has 0 heterocycles. The molecule has 4 rings (SSSR count). The van der Waals surface area contributed by atoms with Crippen molar-refractivity contribution in [1.29, 1.82) is 0 Å². The van der Waals surface area contributed by atoms with Gasteiger partial charge in [0.25, 0.3) is 10.0 Å². The van der Waals surface area contributed by atoms with Gasteiger partial charge in [0, 0.05) is 19.5 Å². The smallest absolute Gasteiger partial charge is 0.264 e. The van der Waals surface area contributed by atoms with E-state index in [1.807, 2.05) is 81.4 Å². The van der Waals surface area contributed by atoms with Gasteiger partial charge < -0.3 is 15.0 Å². The average Bonchev–Trinajstić information content (AvgIpc) is 3.05. The number of rotatable bonds is 14. The highest BCUT2D eigenvalue weighted by atomic mass is 32.2. The van der Waals surface area contributed by atoms with Crippen molar-refractivity contribution in [2.75, 3.05) is 24.5 Å². The number of anilines is 1. The Morgan fingerprint density at radius 2 is 1.44 bits per heavy atom. The molecule has 9 heteroatoms. The largest absolute Gasteiger partial charge is 0.497 e. The standard InChI is InChI=1S/C36H41N3O5S/c1-5-22-37-36(41)34(24-29-10-7-6-8-11-29)38(25-30-12-9-13-32(23-30)44-4)35(40)26-39(31-18-14-27(2)15-19-31)45(42,43)33-20-16-28(3)17-21-33/h6-21,23,34H,5,22,24-26H2,1-4H3,(H,37,41)/t34-/m0/s1. The fourth-order valence-corrected chi connectivity index (χ4v) is 6.38. The minimum Gasteiger partial charge on any atom is -0.497 e. The number of methoxy groups -OCH3 is 1. The molecular formula is C36H41N3O5S. The quantitative estimate of drug-likeness (QED) is 0.194. The van der Waals surface area contributed by atoms with Crippen LogP contribution < -0.4 is 14.4 Å². The van der Waals surface area contributed by atoms with Crippen LogP contribution in [0, 0.1) is 13.8 Å². The van der Waals surface area contributed by atoms with Crippen molar-refractivity contribution < 1.29 is 22.7 Å². The summed E-state index contributed by atoms with van der Waals surface area (Å²) >= 11 is 0. The fraction of sp³-hybridized carbons (Fsp3) is 0.278. The lowest BCUT2D eigenvalue weighted by molar-refractivity contribution is -0.140. The minimum absolute atomic E-state index is 0.0688. The van der Waals surface area contributed by atoms with Crippen LogP contribution in [0.15, 0.2) is 108 Å². The molecule has 0 aliphatic heterocycles. The molecule has 1 N–H and O–H groups in total. The highest BCUT2D eigenvalue weighted by Gasteiger charge is 2.34. The SMILES string of the molecule is CCCNC(=O)[C@H](Cc1ccccc1)N(Cc1cccc(OC)c1)C(=O)CN(c1ccc(C)cc1)S(=O)(=O)c1ccc(C)cc1. The topological polar surface area (TPSA) is 96.0 Å². The zero-order valence-corrected chi connectivity index (χ0v) is 27.1. The number of nitrogens with zero attached hydrogens (tertiary/aromatic N) is 2. The van der Waals surface area contributed by atoms with Crippen LogP contribution in [0.1, 0.15) is 35.6 Å². The maximum absolute atomic E-state index is 14.5. The van der Waals surface area contributed by atoms with Crippen molar-refractivity contribution in [3.63, 3.8) is 0 Å². The minimum atomic E-state index is -4.15. The van der Waals surface area contributed by atoms with Crippen molar-refractivity contribution in [3.05, 3.63) is 125 Å². The summed E-state index contributed by atoms with van der Waals surface area (Å²) in [7, 11) is -2.59. The first-order valence-electron chi connectivity index (χ1n) is 15.0. The first kappa shape index (κ1) is 33.3. The lowest BCUT2D eigenvalue weighted by atomic mass is 10.0. The molecule has 0 saturated carbocycles. The molecule has 236 valence electrons. The van der Waals surface area contributed by atoms with Gasteiger partial charge in [-0.05, 0) is 67.8 Å². The molecule has 4 aromatic carbocycles. The third-order valence-corrected chi connectivity index (χ3v) is 9.31. The molecule has 4 aromatic rings. The highest BCUT2D eigenvalue weighted by molar-refractivity contribution is 7.92. The summed E-state index contributed by atoms with van der Waals surface area (Å²) in [6.45, 7) is 5.76. The van der Waals surface area contributed by atoms with E-state index in [2.05, 4.69) is 5.32 Å². The first-order valence-corrected chi connectivity index (χ1v) is 16.5. The predicted octanol–water partition coefficient (Wildman–Crippen LogP) is 5.67. The Kier molecular flexibility index (Phi) is 11.4. The van der Waals surface area contributed by atoms with Crippen LogP contribution in [0.25, 0.3) is 0 Å². The normalized spacial score (nSPS) is 11.8. The molecule has 0 aliphatic rings. The Labute approximate surface area is 266 Å². The zero-order valence-electron chi connectivity index (χ0n) is 26.3. The van der Waals surface area contributed by atoms with E-state index in [0.29, 0.717) is 18.0 Å². The number of hydrogen-bond acceptors (Lipinski definition) is 5. The molecule has 0 fully saturated rings. The summed E-state index contributed by atoms with van der Waals surface area (Å²) < 4.78 is 34.8. The summed E-state index contributed by atoms with van der Waals surface area (Å²) in [6.07, 6.45) is 0.977. The Balaban J connectivity index is 1.80. The van der Waals surface area contributed by atoms with Crippen LogP contribution >= 0.6 is 0 Å². The van der Waals surface area contributed by atoms with Crippen LogP contribution in [0.3, 0.4) is 0 Å². The van der Waals surface area contributed by atoms with Gasteiger partial charge in [0.15, 0.2) is 0 Å². The monoisotopic (exact) mass is 627 g/mol. The van der Waals surface area contributed by atoms with E-state index in [4.69, 9.17) is 4.74 Å². The molecule has 0 aliphatic carbocycles. The number of nitrogens with one attached hydrogen (secondary N) is 1. The van der Waals surface area contributed by atoms with E-state index >= 15 is 0 Å². The second-order valence-corrected chi connectivity index (χ2v) is 12.9. The third kappa shape index (κ3) is 8.73. The lowest BCUT2D eigenvalue weighted by Gasteiger charge is -2.34. The highest BCUT2D eigenvalue weighted by Crippen LogP contribution is 2.26. The molecule has 0 spiro atoms. The number of benzene rings is 4. The number of sulfonamides is 1. The Morgan fingerprint density at radius 1 is 0.822 bits per heavy atom. The third-order valence-electron chi connectivity index (χ3n) is 7.52. The Morgan fingerprint density at radius 3 is 2.07 bits per heavy atom. The summed E-state index contributed by atoms with van der Waals surface area (Å²) in [5.74, 6) is -0.208. The molecule has 45 heavy (non-hydrogen) atoms. The van der Waals surface area contributed by atoms with Gasteiger partial charge in [0.2, 0.25) is 11.8 Å². The van der Waals surface area contributed by atoms with Gasteiger partial charge in [-0.3, -0.25) is 13.9 Å². The Hall–Kier alpha value is -4.63. The van der Waals surface area contributed by atoms with Gasteiger partial charge in [-0.15, -0.1) is 0 Å². The maximum atomic E-state index is 14.5.